The molecule has 5 nitrogen and oxygen atoms in total. The third kappa shape index (κ3) is 2.84. The second-order valence-electron chi connectivity index (χ2n) is 7.66. The van der Waals surface area contributed by atoms with Gasteiger partial charge in [0.1, 0.15) is 11.5 Å². The Bertz CT molecular complexity index is 673. The molecule has 5 heteroatoms. The number of nitrogens with zero attached hydrogens (tertiary/aromatic N) is 2. The van der Waals surface area contributed by atoms with Crippen molar-refractivity contribution in [2.75, 3.05) is 33.2 Å². The molecule has 0 N–H and O–H groups in total. The van der Waals surface area contributed by atoms with Gasteiger partial charge in [0.2, 0.25) is 5.91 Å². The highest BCUT2D eigenvalue weighted by Gasteiger charge is 2.53. The average Bonchev–Trinajstić information content (AvgIpc) is 2.63. The zero-order valence-electron chi connectivity index (χ0n) is 14.9. The molecule has 2 heterocycles. The number of benzene rings is 1. The number of hydrogen-bond acceptors (Lipinski definition) is 4. The summed E-state index contributed by atoms with van der Waals surface area (Å²) in [4.78, 5) is 30.3. The zero-order valence-corrected chi connectivity index (χ0v) is 14.9. The van der Waals surface area contributed by atoms with Crippen molar-refractivity contribution in [3.8, 4) is 0 Å². The number of fused-ring (bicyclic) bond motifs is 1. The smallest absolute Gasteiger partial charge is 0.339 e. The van der Waals surface area contributed by atoms with E-state index in [9.17, 15) is 9.59 Å². The highest BCUT2D eigenvalue weighted by Crippen LogP contribution is 2.48. The fourth-order valence-corrected chi connectivity index (χ4v) is 4.62. The molecule has 2 fully saturated rings. The van der Waals surface area contributed by atoms with E-state index < -0.39 is 5.60 Å². The van der Waals surface area contributed by atoms with E-state index >= 15 is 0 Å². The van der Waals surface area contributed by atoms with Gasteiger partial charge in [-0.05, 0) is 44.4 Å². The molecule has 0 radical (unpaired) electrons. The van der Waals surface area contributed by atoms with Crippen molar-refractivity contribution in [3.05, 3.63) is 35.4 Å². The van der Waals surface area contributed by atoms with Gasteiger partial charge in [0.05, 0.1) is 5.56 Å². The van der Waals surface area contributed by atoms with E-state index in [0.717, 1.165) is 63.8 Å². The molecule has 1 amide bonds. The summed E-state index contributed by atoms with van der Waals surface area (Å²) in [6.07, 6.45) is 4.76. The molecule has 1 atom stereocenters. The highest BCUT2D eigenvalue weighted by molar-refractivity contribution is 5.98. The van der Waals surface area contributed by atoms with Crippen molar-refractivity contribution in [1.29, 1.82) is 0 Å². The number of hydrogen-bond donors (Lipinski definition) is 0. The van der Waals surface area contributed by atoms with Crippen molar-refractivity contribution >= 4 is 11.9 Å². The van der Waals surface area contributed by atoms with Gasteiger partial charge in [-0.25, -0.2) is 4.79 Å². The molecule has 134 valence electrons. The third-order valence-corrected chi connectivity index (χ3v) is 6.08. The molecule has 1 aromatic rings. The number of carbonyl (C=O) groups excluding carboxylic acids is 2. The molecule has 2 aliphatic heterocycles. The summed E-state index contributed by atoms with van der Waals surface area (Å²) in [5, 5.41) is 0. The molecular weight excluding hydrogens is 316 g/mol. The molecule has 4 rings (SSSR count). The summed E-state index contributed by atoms with van der Waals surface area (Å²) in [6.45, 7) is 3.29. The van der Waals surface area contributed by atoms with E-state index in [1.807, 2.05) is 23.1 Å². The average molecular weight is 342 g/mol. The predicted molar refractivity (Wildman–Crippen MR) is 94.5 cm³/mol. The lowest BCUT2D eigenvalue weighted by Crippen LogP contribution is -2.56. The second-order valence-corrected chi connectivity index (χ2v) is 7.66. The van der Waals surface area contributed by atoms with Crippen LogP contribution in [0, 0.1) is 0 Å². The molecule has 1 aliphatic carbocycles. The standard InChI is InChI=1S/C20H26N2O3/c1-21-11-13-22(14-12-21)18(23)17-15-7-3-4-8-16(15)19(24)25-20(17)9-5-2-6-10-20/h3-4,7-8,17H,2,5-6,9-14H2,1H3/t17-/m0/s1. The van der Waals surface area contributed by atoms with Gasteiger partial charge in [0, 0.05) is 26.2 Å². The lowest BCUT2D eigenvalue weighted by molar-refractivity contribution is -0.144. The van der Waals surface area contributed by atoms with Gasteiger partial charge >= 0.3 is 5.97 Å². The molecule has 0 unspecified atom stereocenters. The molecule has 1 aromatic carbocycles. The van der Waals surface area contributed by atoms with E-state index in [-0.39, 0.29) is 17.8 Å². The number of rotatable bonds is 1. The Morgan fingerprint density at radius 3 is 2.48 bits per heavy atom. The van der Waals surface area contributed by atoms with Crippen LogP contribution < -0.4 is 0 Å². The van der Waals surface area contributed by atoms with Crippen LogP contribution in [0.4, 0.5) is 0 Å². The van der Waals surface area contributed by atoms with Crippen molar-refractivity contribution < 1.29 is 14.3 Å². The van der Waals surface area contributed by atoms with E-state index in [1.165, 1.54) is 0 Å². The predicted octanol–water partition coefficient (Wildman–Crippen LogP) is 2.42. The highest BCUT2D eigenvalue weighted by atomic mass is 16.6. The van der Waals surface area contributed by atoms with E-state index in [2.05, 4.69) is 11.9 Å². The Labute approximate surface area is 148 Å². The fourth-order valence-electron chi connectivity index (χ4n) is 4.62. The molecular formula is C20H26N2O3. The summed E-state index contributed by atoms with van der Waals surface area (Å²) in [7, 11) is 2.09. The SMILES string of the molecule is CN1CCN(C(=O)[C@@H]2c3ccccc3C(=O)OC23CCCCC3)CC1. The Morgan fingerprint density at radius 2 is 1.76 bits per heavy atom. The van der Waals surface area contributed by atoms with E-state index in [0.29, 0.717) is 5.56 Å². The molecule has 1 spiro atoms. The van der Waals surface area contributed by atoms with Gasteiger partial charge in [-0.2, -0.15) is 0 Å². The van der Waals surface area contributed by atoms with Crippen LogP contribution in [0.2, 0.25) is 0 Å². The molecule has 25 heavy (non-hydrogen) atoms. The van der Waals surface area contributed by atoms with Crippen molar-refractivity contribution in [1.82, 2.24) is 9.80 Å². The summed E-state index contributed by atoms with van der Waals surface area (Å²) in [5.41, 5.74) is 0.778. The number of esters is 1. The van der Waals surface area contributed by atoms with Crippen LogP contribution in [-0.4, -0.2) is 60.5 Å². The Balaban J connectivity index is 1.73. The maximum absolute atomic E-state index is 13.5. The number of piperazine rings is 1. The topological polar surface area (TPSA) is 49.9 Å². The third-order valence-electron chi connectivity index (χ3n) is 6.08. The zero-order chi connectivity index (χ0) is 17.4. The van der Waals surface area contributed by atoms with Gasteiger partial charge in [-0.1, -0.05) is 24.6 Å². The summed E-state index contributed by atoms with van der Waals surface area (Å²) < 4.78 is 5.99. The Kier molecular flexibility index (Phi) is 4.28. The minimum absolute atomic E-state index is 0.134. The Hall–Kier alpha value is -1.88. The number of amides is 1. The van der Waals surface area contributed by atoms with Crippen LogP contribution in [0.25, 0.3) is 0 Å². The first-order valence-corrected chi connectivity index (χ1v) is 9.40. The lowest BCUT2D eigenvalue weighted by atomic mass is 9.69. The number of carbonyl (C=O) groups is 2. The van der Waals surface area contributed by atoms with E-state index in [1.54, 1.807) is 6.07 Å². The van der Waals surface area contributed by atoms with Gasteiger partial charge in [-0.15, -0.1) is 0 Å². The number of ether oxygens (including phenoxy) is 1. The first-order valence-electron chi connectivity index (χ1n) is 9.40. The first kappa shape index (κ1) is 16.6. The van der Waals surface area contributed by atoms with Gasteiger partial charge in [0.25, 0.3) is 0 Å². The van der Waals surface area contributed by atoms with Crippen molar-refractivity contribution in [3.63, 3.8) is 0 Å². The van der Waals surface area contributed by atoms with Crippen LogP contribution in [0.15, 0.2) is 24.3 Å². The summed E-state index contributed by atoms with van der Waals surface area (Å²) in [6, 6.07) is 7.51. The van der Waals surface area contributed by atoms with Crippen LogP contribution in [0.1, 0.15) is 53.9 Å². The summed E-state index contributed by atoms with van der Waals surface area (Å²) in [5.74, 6) is -0.486. The molecule has 0 aromatic heterocycles. The fraction of sp³-hybridized carbons (Fsp3) is 0.600. The summed E-state index contributed by atoms with van der Waals surface area (Å²) >= 11 is 0. The van der Waals surface area contributed by atoms with Gasteiger partial charge in [-0.3, -0.25) is 4.79 Å². The minimum atomic E-state index is -0.649. The number of likely N-dealkylation sites (N-methyl/N-ethyl adjacent to an activating group) is 1. The monoisotopic (exact) mass is 342 g/mol. The van der Waals surface area contributed by atoms with E-state index in [4.69, 9.17) is 4.74 Å². The Morgan fingerprint density at radius 1 is 1.08 bits per heavy atom. The quantitative estimate of drug-likeness (QED) is 0.736. The molecule has 0 bridgehead atoms. The first-order chi connectivity index (χ1) is 12.1. The molecule has 1 saturated carbocycles. The van der Waals surface area contributed by atoms with Crippen molar-refractivity contribution in [2.45, 2.75) is 43.6 Å². The van der Waals surface area contributed by atoms with Crippen LogP contribution in [-0.2, 0) is 9.53 Å². The van der Waals surface area contributed by atoms with Crippen LogP contribution >= 0.6 is 0 Å². The molecule has 1 saturated heterocycles. The largest absolute Gasteiger partial charge is 0.454 e. The normalized spacial score (nSPS) is 26.2. The lowest BCUT2D eigenvalue weighted by Gasteiger charge is -2.47. The maximum Gasteiger partial charge on any atom is 0.339 e. The minimum Gasteiger partial charge on any atom is -0.454 e. The van der Waals surface area contributed by atoms with Gasteiger partial charge < -0.3 is 14.5 Å². The van der Waals surface area contributed by atoms with Crippen molar-refractivity contribution in [2.24, 2.45) is 0 Å². The van der Waals surface area contributed by atoms with Crippen LogP contribution in [0.5, 0.6) is 0 Å². The molecule has 3 aliphatic rings. The second kappa shape index (κ2) is 6.45. The van der Waals surface area contributed by atoms with Gasteiger partial charge in [0.15, 0.2) is 0 Å². The van der Waals surface area contributed by atoms with Crippen LogP contribution in [0.3, 0.4) is 0 Å². The maximum atomic E-state index is 13.5.